The number of carbonyl (C=O) groups is 1. The van der Waals surface area contributed by atoms with Crippen LogP contribution in [0.5, 0.6) is 11.5 Å². The average molecular weight is 467 g/mol. The molecule has 7 nitrogen and oxygen atoms in total. The number of rotatable bonds is 10. The maximum Gasteiger partial charge on any atom is 0.259 e. The lowest BCUT2D eigenvalue weighted by molar-refractivity contribution is 0.102. The SMILES string of the molecule is COc1ccc(-c2nn(Cc3ccccc3)cc2C(=O)Nc2cccc(OCCCC#N)c2)cc1. The highest BCUT2D eigenvalue weighted by atomic mass is 16.5. The Morgan fingerprint density at radius 2 is 1.83 bits per heavy atom. The van der Waals surface area contributed by atoms with E-state index in [1.165, 1.54) is 0 Å². The van der Waals surface area contributed by atoms with Crippen molar-refractivity contribution in [2.24, 2.45) is 0 Å². The number of hydrogen-bond donors (Lipinski definition) is 1. The molecule has 1 N–H and O–H groups in total. The highest BCUT2D eigenvalue weighted by Gasteiger charge is 2.19. The molecule has 0 aliphatic rings. The fraction of sp³-hybridized carbons (Fsp3) is 0.179. The zero-order valence-corrected chi connectivity index (χ0v) is 19.5. The Hall–Kier alpha value is -4.57. The van der Waals surface area contributed by atoms with Crippen molar-refractivity contribution in [1.29, 1.82) is 5.26 Å². The lowest BCUT2D eigenvalue weighted by Gasteiger charge is -2.09. The number of ether oxygens (including phenoxy) is 2. The first-order chi connectivity index (χ1) is 17.2. The van der Waals surface area contributed by atoms with Crippen LogP contribution in [0.1, 0.15) is 28.8 Å². The number of unbranched alkanes of at least 4 members (excludes halogenated alkanes) is 1. The van der Waals surface area contributed by atoms with Gasteiger partial charge < -0.3 is 14.8 Å². The molecule has 0 bridgehead atoms. The first kappa shape index (κ1) is 23.6. The van der Waals surface area contributed by atoms with E-state index in [1.807, 2.05) is 72.8 Å². The van der Waals surface area contributed by atoms with Gasteiger partial charge in [0.15, 0.2) is 0 Å². The Balaban J connectivity index is 1.58. The molecule has 0 saturated carbocycles. The number of benzene rings is 3. The van der Waals surface area contributed by atoms with Crippen LogP contribution in [0.2, 0.25) is 0 Å². The van der Waals surface area contributed by atoms with E-state index in [1.54, 1.807) is 24.1 Å². The highest BCUT2D eigenvalue weighted by molar-refractivity contribution is 6.08. The summed E-state index contributed by atoms with van der Waals surface area (Å²) in [4.78, 5) is 13.3. The van der Waals surface area contributed by atoms with Gasteiger partial charge >= 0.3 is 0 Å². The van der Waals surface area contributed by atoms with Crippen molar-refractivity contribution in [3.8, 4) is 28.8 Å². The van der Waals surface area contributed by atoms with E-state index in [9.17, 15) is 4.79 Å². The molecule has 0 aliphatic heterocycles. The summed E-state index contributed by atoms with van der Waals surface area (Å²) in [6.45, 7) is 0.988. The highest BCUT2D eigenvalue weighted by Crippen LogP contribution is 2.26. The number of amides is 1. The summed E-state index contributed by atoms with van der Waals surface area (Å²) in [5.41, 5.74) is 3.57. The largest absolute Gasteiger partial charge is 0.497 e. The minimum absolute atomic E-state index is 0.267. The van der Waals surface area contributed by atoms with Gasteiger partial charge in [-0.3, -0.25) is 9.48 Å². The second-order valence-corrected chi connectivity index (χ2v) is 7.90. The Kier molecular flexibility index (Phi) is 7.77. The van der Waals surface area contributed by atoms with Crippen molar-refractivity contribution in [3.05, 3.63) is 96.2 Å². The molecule has 7 heteroatoms. The second-order valence-electron chi connectivity index (χ2n) is 7.90. The summed E-state index contributed by atoms with van der Waals surface area (Å²) >= 11 is 0. The number of anilines is 1. The van der Waals surface area contributed by atoms with E-state index < -0.39 is 0 Å². The summed E-state index contributed by atoms with van der Waals surface area (Å²) in [5, 5.41) is 16.4. The molecule has 0 aliphatic carbocycles. The van der Waals surface area contributed by atoms with Crippen molar-refractivity contribution in [3.63, 3.8) is 0 Å². The molecule has 1 amide bonds. The van der Waals surface area contributed by atoms with Crippen LogP contribution in [0, 0.1) is 11.3 Å². The van der Waals surface area contributed by atoms with E-state index in [2.05, 4.69) is 11.4 Å². The predicted molar refractivity (Wildman–Crippen MR) is 134 cm³/mol. The van der Waals surface area contributed by atoms with Crippen molar-refractivity contribution >= 4 is 11.6 Å². The molecule has 4 rings (SSSR count). The van der Waals surface area contributed by atoms with E-state index in [0.29, 0.717) is 48.7 Å². The summed E-state index contributed by atoms with van der Waals surface area (Å²) < 4.78 is 12.7. The lowest BCUT2D eigenvalue weighted by atomic mass is 10.1. The number of nitrogens with one attached hydrogen (secondary N) is 1. The van der Waals surface area contributed by atoms with Gasteiger partial charge in [0.05, 0.1) is 31.9 Å². The first-order valence-electron chi connectivity index (χ1n) is 11.3. The Morgan fingerprint density at radius 3 is 2.57 bits per heavy atom. The van der Waals surface area contributed by atoms with Gasteiger partial charge in [-0.05, 0) is 48.4 Å². The summed E-state index contributed by atoms with van der Waals surface area (Å²) in [6.07, 6.45) is 2.86. The number of nitrogens with zero attached hydrogens (tertiary/aromatic N) is 3. The molecule has 0 atom stereocenters. The fourth-order valence-corrected chi connectivity index (χ4v) is 3.60. The molecule has 0 fully saturated rings. The molecule has 176 valence electrons. The van der Waals surface area contributed by atoms with Gasteiger partial charge in [-0.1, -0.05) is 36.4 Å². The predicted octanol–water partition coefficient (Wildman–Crippen LogP) is 5.54. The Morgan fingerprint density at radius 1 is 1.03 bits per heavy atom. The third kappa shape index (κ3) is 6.27. The lowest BCUT2D eigenvalue weighted by Crippen LogP contribution is -2.12. The molecule has 0 saturated heterocycles. The smallest absolute Gasteiger partial charge is 0.259 e. The van der Waals surface area contributed by atoms with Crippen molar-refractivity contribution in [2.45, 2.75) is 19.4 Å². The van der Waals surface area contributed by atoms with Crippen molar-refractivity contribution in [2.75, 3.05) is 19.0 Å². The van der Waals surface area contributed by atoms with Crippen LogP contribution < -0.4 is 14.8 Å². The molecular weight excluding hydrogens is 440 g/mol. The quantitative estimate of drug-likeness (QED) is 0.310. The maximum absolute atomic E-state index is 13.3. The third-order valence-electron chi connectivity index (χ3n) is 5.35. The number of methoxy groups -OCH3 is 1. The normalized spacial score (nSPS) is 10.4. The number of aromatic nitrogens is 2. The van der Waals surface area contributed by atoms with E-state index in [-0.39, 0.29) is 5.91 Å². The fourth-order valence-electron chi connectivity index (χ4n) is 3.60. The summed E-state index contributed by atoms with van der Waals surface area (Å²) in [5.74, 6) is 1.10. The van der Waals surface area contributed by atoms with Crippen LogP contribution in [0.15, 0.2) is 85.1 Å². The van der Waals surface area contributed by atoms with Crippen LogP contribution in [0.3, 0.4) is 0 Å². The molecule has 35 heavy (non-hydrogen) atoms. The second kappa shape index (κ2) is 11.5. The van der Waals surface area contributed by atoms with Gasteiger partial charge in [-0.2, -0.15) is 10.4 Å². The summed E-state index contributed by atoms with van der Waals surface area (Å²) in [6, 6.07) is 26.8. The van der Waals surface area contributed by atoms with Gasteiger partial charge in [-0.15, -0.1) is 0 Å². The van der Waals surface area contributed by atoms with Crippen LogP contribution >= 0.6 is 0 Å². The molecule has 4 aromatic rings. The van der Waals surface area contributed by atoms with E-state index in [4.69, 9.17) is 19.8 Å². The molecule has 1 aromatic heterocycles. The number of nitriles is 1. The third-order valence-corrected chi connectivity index (χ3v) is 5.35. The monoisotopic (exact) mass is 466 g/mol. The topological polar surface area (TPSA) is 89.2 Å². The number of hydrogen-bond acceptors (Lipinski definition) is 5. The van der Waals surface area contributed by atoms with Crippen LogP contribution in [-0.2, 0) is 6.54 Å². The molecule has 0 spiro atoms. The van der Waals surface area contributed by atoms with Crippen LogP contribution in [-0.4, -0.2) is 29.4 Å². The van der Waals surface area contributed by atoms with Gasteiger partial charge in [0.2, 0.25) is 0 Å². The van der Waals surface area contributed by atoms with E-state index >= 15 is 0 Å². The standard InChI is InChI=1S/C28H26N4O3/c1-34-24-14-12-22(13-15-24)27-26(20-32(31-27)19-21-8-3-2-4-9-21)28(33)30-23-10-7-11-25(18-23)35-17-6-5-16-29/h2-4,7-15,18,20H,5-6,17,19H2,1H3,(H,30,33). The Bertz CT molecular complexity index is 1310. The maximum atomic E-state index is 13.3. The van der Waals surface area contributed by atoms with Gasteiger partial charge in [0.25, 0.3) is 5.91 Å². The zero-order valence-electron chi connectivity index (χ0n) is 19.5. The molecule has 1 heterocycles. The molecule has 3 aromatic carbocycles. The minimum atomic E-state index is -0.267. The minimum Gasteiger partial charge on any atom is -0.497 e. The molecule has 0 unspecified atom stereocenters. The summed E-state index contributed by atoms with van der Waals surface area (Å²) in [7, 11) is 1.61. The average Bonchev–Trinajstić information content (AvgIpc) is 3.31. The zero-order chi connectivity index (χ0) is 24.5. The van der Waals surface area contributed by atoms with Crippen LogP contribution in [0.4, 0.5) is 5.69 Å². The van der Waals surface area contributed by atoms with Crippen molar-refractivity contribution in [1.82, 2.24) is 9.78 Å². The van der Waals surface area contributed by atoms with Gasteiger partial charge in [0.1, 0.15) is 17.2 Å². The number of carbonyl (C=O) groups excluding carboxylic acids is 1. The van der Waals surface area contributed by atoms with E-state index in [0.717, 1.165) is 16.9 Å². The van der Waals surface area contributed by atoms with Gasteiger partial charge in [0, 0.05) is 29.9 Å². The van der Waals surface area contributed by atoms with Crippen LogP contribution in [0.25, 0.3) is 11.3 Å². The first-order valence-corrected chi connectivity index (χ1v) is 11.3. The Labute approximate surface area is 204 Å². The van der Waals surface area contributed by atoms with Gasteiger partial charge in [-0.25, -0.2) is 0 Å². The van der Waals surface area contributed by atoms with Crippen molar-refractivity contribution < 1.29 is 14.3 Å². The molecule has 0 radical (unpaired) electrons. The molecular formula is C28H26N4O3.